The van der Waals surface area contributed by atoms with Crippen molar-refractivity contribution in [1.29, 1.82) is 0 Å². The van der Waals surface area contributed by atoms with E-state index in [9.17, 15) is 19.5 Å². The summed E-state index contributed by atoms with van der Waals surface area (Å²) in [7, 11) is 0. The van der Waals surface area contributed by atoms with E-state index in [0.717, 1.165) is 46.5 Å². The number of aromatic amines is 1. The van der Waals surface area contributed by atoms with Gasteiger partial charge in [-0.05, 0) is 47.7 Å². The number of nitrogens with zero attached hydrogens (tertiary/aromatic N) is 3. The predicted octanol–water partition coefficient (Wildman–Crippen LogP) is 2.44. The van der Waals surface area contributed by atoms with Gasteiger partial charge in [0.05, 0.1) is 11.8 Å². The molecule has 3 aliphatic heterocycles. The molecule has 9 heteroatoms. The first-order valence-corrected chi connectivity index (χ1v) is 12.9. The Morgan fingerprint density at radius 1 is 1.14 bits per heavy atom. The summed E-state index contributed by atoms with van der Waals surface area (Å²) < 4.78 is 0. The van der Waals surface area contributed by atoms with Gasteiger partial charge in [-0.1, -0.05) is 19.9 Å². The van der Waals surface area contributed by atoms with Crippen LogP contribution in [0, 0.1) is 11.8 Å². The topological polar surface area (TPSA) is 119 Å². The zero-order valence-electron chi connectivity index (χ0n) is 21.0. The van der Waals surface area contributed by atoms with Crippen LogP contribution < -0.4 is 5.32 Å². The highest BCUT2D eigenvalue weighted by molar-refractivity contribution is 6.05. The molecule has 3 amide bonds. The fraction of sp³-hybridized carbons (Fsp3) is 0.429. The highest BCUT2D eigenvalue weighted by atomic mass is 16.3. The number of aliphatic hydroxyl groups is 1. The summed E-state index contributed by atoms with van der Waals surface area (Å²) in [4.78, 5) is 48.9. The highest BCUT2D eigenvalue weighted by Crippen LogP contribution is 2.33. The Kier molecular flexibility index (Phi) is 5.84. The molecule has 2 aromatic heterocycles. The molecule has 3 atom stereocenters. The van der Waals surface area contributed by atoms with E-state index in [1.54, 1.807) is 4.90 Å². The lowest BCUT2D eigenvalue weighted by Gasteiger charge is -2.29. The molecular formula is C28H31N5O4. The van der Waals surface area contributed by atoms with E-state index in [0.29, 0.717) is 31.0 Å². The molecule has 2 saturated heterocycles. The number of pyridine rings is 1. The van der Waals surface area contributed by atoms with Crippen molar-refractivity contribution >= 4 is 28.8 Å². The summed E-state index contributed by atoms with van der Waals surface area (Å²) in [6.07, 6.45) is 2.15. The Hall–Kier alpha value is -3.56. The number of nitrogens with one attached hydrogen (secondary N) is 2. The molecule has 0 aliphatic carbocycles. The fourth-order valence-electron chi connectivity index (χ4n) is 6.04. The van der Waals surface area contributed by atoms with Gasteiger partial charge in [-0.3, -0.25) is 24.6 Å². The molecular weight excluding hydrogens is 470 g/mol. The van der Waals surface area contributed by atoms with Crippen LogP contribution in [-0.4, -0.2) is 67.8 Å². The monoisotopic (exact) mass is 501 g/mol. The highest BCUT2D eigenvalue weighted by Gasteiger charge is 2.39. The summed E-state index contributed by atoms with van der Waals surface area (Å²) >= 11 is 0. The second-order valence-corrected chi connectivity index (χ2v) is 10.8. The van der Waals surface area contributed by atoms with Crippen molar-refractivity contribution in [2.24, 2.45) is 11.8 Å². The molecule has 192 valence electrons. The van der Waals surface area contributed by atoms with E-state index >= 15 is 0 Å². The summed E-state index contributed by atoms with van der Waals surface area (Å²) in [6, 6.07) is 9.19. The third kappa shape index (κ3) is 4.22. The van der Waals surface area contributed by atoms with Crippen molar-refractivity contribution in [2.45, 2.75) is 51.9 Å². The number of piperidine rings is 1. The number of fused-ring (bicyclic) bond motifs is 2. The number of benzene rings is 1. The van der Waals surface area contributed by atoms with E-state index in [2.05, 4.69) is 35.1 Å². The Labute approximate surface area is 214 Å². The average Bonchev–Trinajstić information content (AvgIpc) is 3.56. The minimum absolute atomic E-state index is 0.184. The molecule has 0 spiro atoms. The van der Waals surface area contributed by atoms with Crippen molar-refractivity contribution in [3.05, 3.63) is 53.2 Å². The van der Waals surface area contributed by atoms with E-state index in [1.165, 1.54) is 0 Å². The number of carbonyl (C=O) groups excluding carboxylic acids is 3. The normalized spacial score (nSPS) is 24.4. The van der Waals surface area contributed by atoms with Gasteiger partial charge in [0, 0.05) is 61.2 Å². The Bertz CT molecular complexity index is 1410. The van der Waals surface area contributed by atoms with Gasteiger partial charge in [0.2, 0.25) is 11.8 Å². The number of hydrogen-bond acceptors (Lipinski definition) is 6. The first-order valence-electron chi connectivity index (χ1n) is 12.9. The number of imide groups is 1. The van der Waals surface area contributed by atoms with Crippen LogP contribution in [0.15, 0.2) is 36.5 Å². The molecule has 3 aromatic rings. The Balaban J connectivity index is 1.28. The number of amides is 3. The average molecular weight is 502 g/mol. The lowest BCUT2D eigenvalue weighted by atomic mass is 9.93. The van der Waals surface area contributed by atoms with Crippen LogP contribution in [0.2, 0.25) is 0 Å². The standard InChI is InChI=1S/C28H31N5O4/c1-15(2)21-13-32(14-24(21)34)11-18-10-22(30-26-19(18)7-8-29-26)16-3-4-20-17(9-16)12-33(28(20)37)23-5-6-25(35)31-27(23)36/h3-4,7-10,15,21,23-24,34H,5-6,11-14H2,1-2H3,(H,29,30)(H,31,35,36). The zero-order chi connectivity index (χ0) is 25.8. The van der Waals surface area contributed by atoms with Gasteiger partial charge < -0.3 is 15.0 Å². The van der Waals surface area contributed by atoms with Crippen LogP contribution in [0.4, 0.5) is 0 Å². The van der Waals surface area contributed by atoms with Crippen LogP contribution in [0.25, 0.3) is 22.3 Å². The van der Waals surface area contributed by atoms with Crippen LogP contribution in [0.1, 0.15) is 48.2 Å². The lowest BCUT2D eigenvalue weighted by Crippen LogP contribution is -2.52. The van der Waals surface area contributed by atoms with E-state index in [1.807, 2.05) is 30.5 Å². The van der Waals surface area contributed by atoms with Crippen LogP contribution >= 0.6 is 0 Å². The quantitative estimate of drug-likeness (QED) is 0.462. The maximum Gasteiger partial charge on any atom is 0.255 e. The predicted molar refractivity (Wildman–Crippen MR) is 137 cm³/mol. The fourth-order valence-corrected chi connectivity index (χ4v) is 6.04. The first-order chi connectivity index (χ1) is 17.8. The van der Waals surface area contributed by atoms with Crippen LogP contribution in [-0.2, 0) is 22.7 Å². The number of aliphatic hydroxyl groups excluding tert-OH is 1. The smallest absolute Gasteiger partial charge is 0.255 e. The SMILES string of the molecule is CC(C)C1CN(Cc2cc(-c3ccc4c(c3)CN(C3CCC(=O)NC3=O)C4=O)nc3[nH]ccc23)CC1O. The summed E-state index contributed by atoms with van der Waals surface area (Å²) in [5.74, 6) is -0.194. The summed E-state index contributed by atoms with van der Waals surface area (Å²) in [6.45, 7) is 6.88. The molecule has 6 rings (SSSR count). The van der Waals surface area contributed by atoms with Gasteiger partial charge in [0.1, 0.15) is 11.7 Å². The molecule has 9 nitrogen and oxygen atoms in total. The number of H-pyrrole nitrogens is 1. The number of carbonyl (C=O) groups is 3. The molecule has 0 saturated carbocycles. The van der Waals surface area contributed by atoms with Crippen LogP contribution in [0.5, 0.6) is 0 Å². The van der Waals surface area contributed by atoms with Gasteiger partial charge in [-0.15, -0.1) is 0 Å². The maximum absolute atomic E-state index is 13.1. The van der Waals surface area contributed by atoms with E-state index < -0.39 is 11.9 Å². The number of β-amino-alcohol motifs (C(OH)–C–C–N with tert-alkyl or cyclic N) is 1. The number of rotatable bonds is 5. The van der Waals surface area contributed by atoms with E-state index in [4.69, 9.17) is 4.98 Å². The Morgan fingerprint density at radius 3 is 2.73 bits per heavy atom. The molecule has 0 bridgehead atoms. The van der Waals surface area contributed by atoms with Crippen molar-refractivity contribution < 1.29 is 19.5 Å². The second-order valence-electron chi connectivity index (χ2n) is 10.8. The second kappa shape index (κ2) is 9.08. The zero-order valence-corrected chi connectivity index (χ0v) is 21.0. The first kappa shape index (κ1) is 23.8. The van der Waals surface area contributed by atoms with Gasteiger partial charge in [0.25, 0.3) is 5.91 Å². The van der Waals surface area contributed by atoms with E-state index in [-0.39, 0.29) is 30.3 Å². The maximum atomic E-state index is 13.1. The van der Waals surface area contributed by atoms with Crippen molar-refractivity contribution in [1.82, 2.24) is 25.1 Å². The molecule has 5 heterocycles. The van der Waals surface area contributed by atoms with Gasteiger partial charge in [-0.25, -0.2) is 4.98 Å². The minimum atomic E-state index is -0.633. The largest absolute Gasteiger partial charge is 0.391 e. The summed E-state index contributed by atoms with van der Waals surface area (Å²) in [5, 5.41) is 13.9. The third-order valence-electron chi connectivity index (χ3n) is 8.09. The third-order valence-corrected chi connectivity index (χ3v) is 8.09. The Morgan fingerprint density at radius 2 is 1.97 bits per heavy atom. The molecule has 3 unspecified atom stereocenters. The molecule has 3 N–H and O–H groups in total. The van der Waals surface area contributed by atoms with Gasteiger partial charge in [0.15, 0.2) is 0 Å². The lowest BCUT2D eigenvalue weighted by molar-refractivity contribution is -0.136. The number of aromatic nitrogens is 2. The molecule has 0 radical (unpaired) electrons. The van der Waals surface area contributed by atoms with Gasteiger partial charge >= 0.3 is 0 Å². The number of likely N-dealkylation sites (tertiary alicyclic amines) is 1. The molecule has 2 fully saturated rings. The minimum Gasteiger partial charge on any atom is -0.391 e. The summed E-state index contributed by atoms with van der Waals surface area (Å²) in [5.41, 5.74) is 5.08. The van der Waals surface area contributed by atoms with Crippen molar-refractivity contribution in [2.75, 3.05) is 13.1 Å². The molecule has 3 aliphatic rings. The molecule has 1 aromatic carbocycles. The van der Waals surface area contributed by atoms with Crippen molar-refractivity contribution in [3.8, 4) is 11.3 Å². The van der Waals surface area contributed by atoms with Gasteiger partial charge in [-0.2, -0.15) is 0 Å². The molecule has 37 heavy (non-hydrogen) atoms. The van der Waals surface area contributed by atoms with Crippen molar-refractivity contribution in [3.63, 3.8) is 0 Å². The number of hydrogen-bond donors (Lipinski definition) is 3. The van der Waals surface area contributed by atoms with Crippen LogP contribution in [0.3, 0.4) is 0 Å².